The van der Waals surface area contributed by atoms with Gasteiger partial charge in [-0.2, -0.15) is 0 Å². The number of nitrogens with one attached hydrogen (secondary N) is 1. The van der Waals surface area contributed by atoms with Gasteiger partial charge in [0.2, 0.25) is 0 Å². The molecule has 1 heterocycles. The van der Waals surface area contributed by atoms with E-state index < -0.39 is 0 Å². The van der Waals surface area contributed by atoms with Gasteiger partial charge in [-0.1, -0.05) is 0 Å². The molecule has 0 saturated heterocycles. The first kappa shape index (κ1) is 11.1. The Labute approximate surface area is 105 Å². The Morgan fingerprint density at radius 3 is 2.87 bits per heavy atom. The average molecular weight is 334 g/mol. The second-order valence-corrected chi connectivity index (χ2v) is 5.26. The van der Waals surface area contributed by atoms with Crippen LogP contribution in [0.3, 0.4) is 0 Å². The number of hydrogen-bond acceptors (Lipinski definition) is 2. The standard InChI is InChI=1S/C10H10Br2N2O/c11-8-3-7(5-13-9(8)12)10(15)14-4-6-1-2-6/h3,5-6H,1-2,4H2,(H,14,15). The minimum absolute atomic E-state index is 0.0531. The normalized spacial score (nSPS) is 15.1. The summed E-state index contributed by atoms with van der Waals surface area (Å²) in [4.78, 5) is 15.7. The number of nitrogens with zero attached hydrogens (tertiary/aromatic N) is 1. The minimum atomic E-state index is -0.0531. The van der Waals surface area contributed by atoms with E-state index in [1.165, 1.54) is 12.8 Å². The predicted molar refractivity (Wildman–Crippen MR) is 64.7 cm³/mol. The number of rotatable bonds is 3. The number of pyridine rings is 1. The highest BCUT2D eigenvalue weighted by atomic mass is 79.9. The number of carbonyl (C=O) groups is 1. The van der Waals surface area contributed by atoms with Gasteiger partial charge in [0.25, 0.3) is 5.91 Å². The molecule has 15 heavy (non-hydrogen) atoms. The lowest BCUT2D eigenvalue weighted by Gasteiger charge is -2.04. The molecular weight excluding hydrogens is 324 g/mol. The molecule has 0 unspecified atom stereocenters. The summed E-state index contributed by atoms with van der Waals surface area (Å²) in [5.74, 6) is 0.642. The van der Waals surface area contributed by atoms with Crippen molar-refractivity contribution in [2.45, 2.75) is 12.8 Å². The van der Waals surface area contributed by atoms with Gasteiger partial charge in [-0.3, -0.25) is 4.79 Å². The number of aromatic nitrogens is 1. The molecule has 1 aromatic heterocycles. The topological polar surface area (TPSA) is 42.0 Å². The van der Waals surface area contributed by atoms with Crippen LogP contribution in [0.5, 0.6) is 0 Å². The molecule has 5 heteroatoms. The van der Waals surface area contributed by atoms with Crippen molar-refractivity contribution in [1.29, 1.82) is 0 Å². The summed E-state index contributed by atoms with van der Waals surface area (Å²) < 4.78 is 1.50. The van der Waals surface area contributed by atoms with Crippen molar-refractivity contribution in [2.24, 2.45) is 5.92 Å². The summed E-state index contributed by atoms with van der Waals surface area (Å²) in [6.07, 6.45) is 4.04. The van der Waals surface area contributed by atoms with Crippen LogP contribution in [0, 0.1) is 5.92 Å². The highest BCUT2D eigenvalue weighted by Gasteiger charge is 2.21. The fourth-order valence-corrected chi connectivity index (χ4v) is 1.77. The van der Waals surface area contributed by atoms with Gasteiger partial charge in [0, 0.05) is 12.7 Å². The Bertz CT molecular complexity index is 391. The van der Waals surface area contributed by atoms with Gasteiger partial charge >= 0.3 is 0 Å². The van der Waals surface area contributed by atoms with Crippen LogP contribution in [0.15, 0.2) is 21.3 Å². The van der Waals surface area contributed by atoms with Gasteiger partial charge in [-0.15, -0.1) is 0 Å². The van der Waals surface area contributed by atoms with E-state index in [4.69, 9.17) is 0 Å². The lowest BCUT2D eigenvalue weighted by atomic mass is 10.2. The molecule has 0 bridgehead atoms. The van der Waals surface area contributed by atoms with Crippen molar-refractivity contribution in [2.75, 3.05) is 6.54 Å². The van der Waals surface area contributed by atoms with Crippen LogP contribution in [0.2, 0.25) is 0 Å². The van der Waals surface area contributed by atoms with E-state index in [9.17, 15) is 4.79 Å². The summed E-state index contributed by atoms with van der Waals surface area (Å²) in [6.45, 7) is 0.784. The van der Waals surface area contributed by atoms with Gasteiger partial charge in [0.1, 0.15) is 4.60 Å². The molecular formula is C10H10Br2N2O. The first-order chi connectivity index (χ1) is 7.16. The van der Waals surface area contributed by atoms with E-state index in [1.54, 1.807) is 12.3 Å². The molecule has 0 aromatic carbocycles. The van der Waals surface area contributed by atoms with Crippen molar-refractivity contribution in [3.63, 3.8) is 0 Å². The average Bonchev–Trinajstić information content (AvgIpc) is 3.02. The van der Waals surface area contributed by atoms with E-state index in [0.717, 1.165) is 11.0 Å². The smallest absolute Gasteiger partial charge is 0.252 e. The van der Waals surface area contributed by atoms with Crippen molar-refractivity contribution >= 4 is 37.8 Å². The molecule has 80 valence electrons. The first-order valence-corrected chi connectivity index (χ1v) is 6.34. The Balaban J connectivity index is 2.00. The molecule has 3 nitrogen and oxygen atoms in total. The summed E-state index contributed by atoms with van der Waals surface area (Å²) >= 11 is 6.58. The lowest BCUT2D eigenvalue weighted by Crippen LogP contribution is -2.25. The molecule has 0 aliphatic heterocycles. The Morgan fingerprint density at radius 1 is 1.53 bits per heavy atom. The van der Waals surface area contributed by atoms with E-state index in [1.807, 2.05) is 0 Å². The van der Waals surface area contributed by atoms with Crippen LogP contribution < -0.4 is 5.32 Å². The molecule has 1 fully saturated rings. The molecule has 1 aliphatic rings. The molecule has 0 atom stereocenters. The maximum Gasteiger partial charge on any atom is 0.252 e. The minimum Gasteiger partial charge on any atom is -0.352 e. The van der Waals surface area contributed by atoms with Crippen molar-refractivity contribution in [3.8, 4) is 0 Å². The predicted octanol–water partition coefficient (Wildman–Crippen LogP) is 2.75. The Hall–Kier alpha value is -0.420. The molecule has 1 amide bonds. The third-order valence-corrected chi connectivity index (χ3v) is 4.08. The van der Waals surface area contributed by atoms with Gasteiger partial charge in [-0.25, -0.2) is 4.98 Å². The number of amides is 1. The fourth-order valence-electron chi connectivity index (χ4n) is 1.21. The number of hydrogen-bond donors (Lipinski definition) is 1. The third kappa shape index (κ3) is 3.01. The maximum atomic E-state index is 11.7. The fraction of sp³-hybridized carbons (Fsp3) is 0.400. The van der Waals surface area contributed by atoms with E-state index >= 15 is 0 Å². The lowest BCUT2D eigenvalue weighted by molar-refractivity contribution is 0.0951. The summed E-state index contributed by atoms with van der Waals surface area (Å²) in [7, 11) is 0. The van der Waals surface area contributed by atoms with Crippen LogP contribution in [-0.4, -0.2) is 17.4 Å². The number of halogens is 2. The SMILES string of the molecule is O=C(NCC1CC1)c1cnc(Br)c(Br)c1. The second-order valence-electron chi connectivity index (χ2n) is 3.65. The van der Waals surface area contributed by atoms with Crippen LogP contribution in [-0.2, 0) is 0 Å². The second kappa shape index (κ2) is 4.61. The molecule has 2 rings (SSSR count). The first-order valence-electron chi connectivity index (χ1n) is 4.76. The van der Waals surface area contributed by atoms with Gasteiger partial charge < -0.3 is 5.32 Å². The monoisotopic (exact) mass is 332 g/mol. The van der Waals surface area contributed by atoms with Crippen LogP contribution in [0.25, 0.3) is 0 Å². The van der Waals surface area contributed by atoms with Crippen LogP contribution >= 0.6 is 31.9 Å². The highest BCUT2D eigenvalue weighted by Crippen LogP contribution is 2.27. The van der Waals surface area contributed by atoms with Crippen molar-refractivity contribution in [3.05, 3.63) is 26.9 Å². The summed E-state index contributed by atoms with van der Waals surface area (Å²) in [5.41, 5.74) is 0.589. The highest BCUT2D eigenvalue weighted by molar-refractivity contribution is 9.13. The molecule has 1 N–H and O–H groups in total. The largest absolute Gasteiger partial charge is 0.352 e. The van der Waals surface area contributed by atoms with Crippen LogP contribution in [0.4, 0.5) is 0 Å². The Kier molecular flexibility index (Phi) is 3.41. The molecule has 1 aromatic rings. The third-order valence-electron chi connectivity index (χ3n) is 2.31. The van der Waals surface area contributed by atoms with Crippen LogP contribution in [0.1, 0.15) is 23.2 Å². The zero-order chi connectivity index (χ0) is 10.8. The zero-order valence-corrected chi connectivity index (χ0v) is 11.1. The number of carbonyl (C=O) groups excluding carboxylic acids is 1. The van der Waals surface area contributed by atoms with Gasteiger partial charge in [0.05, 0.1) is 10.0 Å². The Morgan fingerprint density at radius 2 is 2.27 bits per heavy atom. The molecule has 0 radical (unpaired) electrons. The van der Waals surface area contributed by atoms with Gasteiger partial charge in [0.15, 0.2) is 0 Å². The maximum absolute atomic E-state index is 11.7. The van der Waals surface area contributed by atoms with E-state index in [2.05, 4.69) is 42.2 Å². The van der Waals surface area contributed by atoms with E-state index in [0.29, 0.717) is 16.1 Å². The summed E-state index contributed by atoms with van der Waals surface area (Å²) in [6, 6.07) is 1.76. The quantitative estimate of drug-likeness (QED) is 0.864. The van der Waals surface area contributed by atoms with Gasteiger partial charge in [-0.05, 0) is 56.7 Å². The van der Waals surface area contributed by atoms with E-state index in [-0.39, 0.29) is 5.91 Å². The molecule has 1 saturated carbocycles. The summed E-state index contributed by atoms with van der Waals surface area (Å²) in [5, 5.41) is 2.89. The van der Waals surface area contributed by atoms with Crippen molar-refractivity contribution in [1.82, 2.24) is 10.3 Å². The molecule has 0 spiro atoms. The zero-order valence-electron chi connectivity index (χ0n) is 7.96. The van der Waals surface area contributed by atoms with Crippen molar-refractivity contribution < 1.29 is 4.79 Å². The molecule has 1 aliphatic carbocycles.